The fraction of sp³-hybridized carbons (Fsp3) is 0.583. The van der Waals surface area contributed by atoms with Crippen LogP contribution in [0.5, 0.6) is 0 Å². The van der Waals surface area contributed by atoms with Crippen molar-refractivity contribution >= 4 is 10.8 Å². The van der Waals surface area contributed by atoms with Crippen LogP contribution in [0.4, 0.5) is 0 Å². The van der Waals surface area contributed by atoms with Crippen molar-refractivity contribution in [2.75, 3.05) is 12.3 Å². The zero-order chi connectivity index (χ0) is 11.4. The molecule has 1 aliphatic rings. The van der Waals surface area contributed by atoms with E-state index in [2.05, 4.69) is 10.3 Å². The van der Waals surface area contributed by atoms with Gasteiger partial charge in [-0.2, -0.15) is 0 Å². The van der Waals surface area contributed by atoms with Gasteiger partial charge in [0.1, 0.15) is 5.03 Å². The largest absolute Gasteiger partial charge is 0.313 e. The van der Waals surface area contributed by atoms with Crippen molar-refractivity contribution in [2.24, 2.45) is 0 Å². The Labute approximate surface area is 99.1 Å². The third-order valence-electron chi connectivity index (χ3n) is 2.88. The molecule has 0 amide bonds. The summed E-state index contributed by atoms with van der Waals surface area (Å²) in [6.07, 6.45) is 5.40. The normalized spacial score (nSPS) is 22.9. The number of nitrogens with one attached hydrogen (secondary N) is 1. The highest BCUT2D eigenvalue weighted by molar-refractivity contribution is 7.85. The highest BCUT2D eigenvalue weighted by Gasteiger charge is 2.16. The third-order valence-corrected chi connectivity index (χ3v) is 4.30. The predicted octanol–water partition coefficient (Wildman–Crippen LogP) is 1.64. The van der Waals surface area contributed by atoms with Crippen molar-refractivity contribution in [2.45, 2.75) is 37.3 Å². The average molecular weight is 238 g/mol. The standard InChI is InChI=1S/C12H18N2OS/c1-10-5-6-12(14-8-10)16(15)9-11-4-2-3-7-13-11/h5-6,8,11,13H,2-4,7,9H2,1H3/t11-,16-/m0/s1. The number of piperidine rings is 1. The van der Waals surface area contributed by atoms with E-state index in [0.29, 0.717) is 16.8 Å². The van der Waals surface area contributed by atoms with Crippen LogP contribution in [0.3, 0.4) is 0 Å². The van der Waals surface area contributed by atoms with Crippen LogP contribution in [0, 0.1) is 6.92 Å². The van der Waals surface area contributed by atoms with E-state index in [0.717, 1.165) is 18.5 Å². The van der Waals surface area contributed by atoms with Gasteiger partial charge in [-0.15, -0.1) is 0 Å². The molecule has 88 valence electrons. The lowest BCUT2D eigenvalue weighted by Gasteiger charge is -2.22. The molecule has 2 rings (SSSR count). The molecule has 3 nitrogen and oxygen atoms in total. The summed E-state index contributed by atoms with van der Waals surface area (Å²) >= 11 is 0. The molecule has 1 fully saturated rings. The Morgan fingerprint density at radius 3 is 3.00 bits per heavy atom. The molecule has 0 radical (unpaired) electrons. The lowest BCUT2D eigenvalue weighted by atomic mass is 10.1. The smallest absolute Gasteiger partial charge is 0.127 e. The van der Waals surface area contributed by atoms with Crippen LogP contribution in [-0.4, -0.2) is 27.5 Å². The summed E-state index contributed by atoms with van der Waals surface area (Å²) in [5.41, 5.74) is 1.11. The van der Waals surface area contributed by atoms with Crippen molar-refractivity contribution in [1.82, 2.24) is 10.3 Å². The van der Waals surface area contributed by atoms with Gasteiger partial charge in [-0.05, 0) is 37.9 Å². The summed E-state index contributed by atoms with van der Waals surface area (Å²) in [6, 6.07) is 4.24. The van der Waals surface area contributed by atoms with E-state index in [1.165, 1.54) is 12.8 Å². The number of hydrogen-bond donors (Lipinski definition) is 1. The second-order valence-corrected chi connectivity index (χ2v) is 5.78. The molecule has 0 spiro atoms. The van der Waals surface area contributed by atoms with E-state index in [9.17, 15) is 4.21 Å². The van der Waals surface area contributed by atoms with Crippen molar-refractivity contribution in [3.05, 3.63) is 23.9 Å². The molecule has 0 bridgehead atoms. The number of rotatable bonds is 3. The van der Waals surface area contributed by atoms with Crippen molar-refractivity contribution in [3.8, 4) is 0 Å². The van der Waals surface area contributed by atoms with E-state index < -0.39 is 10.8 Å². The Balaban J connectivity index is 1.94. The lowest BCUT2D eigenvalue weighted by Crippen LogP contribution is -2.38. The van der Waals surface area contributed by atoms with E-state index in [-0.39, 0.29) is 0 Å². The molecule has 1 aromatic heterocycles. The maximum atomic E-state index is 12.0. The van der Waals surface area contributed by atoms with Gasteiger partial charge in [-0.25, -0.2) is 4.98 Å². The van der Waals surface area contributed by atoms with Gasteiger partial charge < -0.3 is 5.32 Å². The Hall–Kier alpha value is -0.740. The van der Waals surface area contributed by atoms with E-state index >= 15 is 0 Å². The van der Waals surface area contributed by atoms with Gasteiger partial charge in [0.05, 0.1) is 10.8 Å². The Bertz CT molecular complexity index is 358. The highest BCUT2D eigenvalue weighted by Crippen LogP contribution is 2.11. The number of nitrogens with zero attached hydrogens (tertiary/aromatic N) is 1. The van der Waals surface area contributed by atoms with E-state index in [1.807, 2.05) is 19.1 Å². The Morgan fingerprint density at radius 2 is 2.38 bits per heavy atom. The first kappa shape index (κ1) is 11.7. The average Bonchev–Trinajstić information content (AvgIpc) is 2.31. The number of aryl methyl sites for hydroxylation is 1. The zero-order valence-corrected chi connectivity index (χ0v) is 10.4. The Morgan fingerprint density at radius 1 is 1.50 bits per heavy atom. The summed E-state index contributed by atoms with van der Waals surface area (Å²) in [5.74, 6) is 0.691. The van der Waals surface area contributed by atoms with Crippen LogP contribution in [0.1, 0.15) is 24.8 Å². The minimum absolute atomic E-state index is 0.401. The molecular formula is C12H18N2OS. The van der Waals surface area contributed by atoms with Crippen molar-refractivity contribution in [1.29, 1.82) is 0 Å². The summed E-state index contributed by atoms with van der Waals surface area (Å²) < 4.78 is 12.0. The van der Waals surface area contributed by atoms with Crippen LogP contribution in [0.15, 0.2) is 23.4 Å². The summed E-state index contributed by atoms with van der Waals surface area (Å²) in [5, 5.41) is 4.12. The molecule has 0 unspecified atom stereocenters. The molecule has 1 N–H and O–H groups in total. The third kappa shape index (κ3) is 3.12. The first-order chi connectivity index (χ1) is 7.75. The van der Waals surface area contributed by atoms with Gasteiger partial charge >= 0.3 is 0 Å². The molecule has 4 heteroatoms. The summed E-state index contributed by atoms with van der Waals surface area (Å²) in [4.78, 5) is 4.22. The molecule has 16 heavy (non-hydrogen) atoms. The zero-order valence-electron chi connectivity index (χ0n) is 9.61. The van der Waals surface area contributed by atoms with Crippen molar-refractivity contribution < 1.29 is 4.21 Å². The molecular weight excluding hydrogens is 220 g/mol. The highest BCUT2D eigenvalue weighted by atomic mass is 32.2. The summed E-state index contributed by atoms with van der Waals surface area (Å²) in [7, 11) is -0.963. The van der Waals surface area contributed by atoms with Gasteiger partial charge in [0.25, 0.3) is 0 Å². The van der Waals surface area contributed by atoms with Crippen LogP contribution in [-0.2, 0) is 10.8 Å². The Kier molecular flexibility index (Phi) is 4.07. The molecule has 1 saturated heterocycles. The first-order valence-corrected chi connectivity index (χ1v) is 7.12. The van der Waals surface area contributed by atoms with Crippen LogP contribution in [0.25, 0.3) is 0 Å². The van der Waals surface area contributed by atoms with Gasteiger partial charge in [-0.3, -0.25) is 4.21 Å². The number of hydrogen-bond acceptors (Lipinski definition) is 3. The molecule has 2 atom stereocenters. The molecule has 0 aromatic carbocycles. The molecule has 2 heterocycles. The van der Waals surface area contributed by atoms with Gasteiger partial charge in [-0.1, -0.05) is 12.5 Å². The van der Waals surface area contributed by atoms with Gasteiger partial charge in [0.15, 0.2) is 0 Å². The molecule has 0 aliphatic carbocycles. The maximum absolute atomic E-state index is 12.0. The number of aromatic nitrogens is 1. The SMILES string of the molecule is Cc1ccc([S@@](=O)C[C@@H]2CCCCN2)nc1. The predicted molar refractivity (Wildman–Crippen MR) is 65.9 cm³/mol. The van der Waals surface area contributed by atoms with Crippen LogP contribution in [0.2, 0.25) is 0 Å². The van der Waals surface area contributed by atoms with Crippen molar-refractivity contribution in [3.63, 3.8) is 0 Å². The second-order valence-electron chi connectivity index (χ2n) is 4.33. The van der Waals surface area contributed by atoms with E-state index in [1.54, 1.807) is 6.20 Å². The first-order valence-electron chi connectivity index (χ1n) is 5.80. The van der Waals surface area contributed by atoms with Crippen LogP contribution < -0.4 is 5.32 Å². The van der Waals surface area contributed by atoms with Gasteiger partial charge in [0.2, 0.25) is 0 Å². The second kappa shape index (κ2) is 5.55. The fourth-order valence-corrected chi connectivity index (χ4v) is 3.13. The quantitative estimate of drug-likeness (QED) is 0.870. The van der Waals surface area contributed by atoms with Gasteiger partial charge in [0, 0.05) is 18.0 Å². The lowest BCUT2D eigenvalue weighted by molar-refractivity contribution is 0.427. The monoisotopic (exact) mass is 238 g/mol. The topological polar surface area (TPSA) is 42.0 Å². The molecule has 1 aliphatic heterocycles. The van der Waals surface area contributed by atoms with Crippen LogP contribution >= 0.6 is 0 Å². The molecule has 0 saturated carbocycles. The summed E-state index contributed by atoms with van der Waals surface area (Å²) in [6.45, 7) is 3.05. The maximum Gasteiger partial charge on any atom is 0.127 e. The fourth-order valence-electron chi connectivity index (χ4n) is 1.92. The molecule has 1 aromatic rings. The number of pyridine rings is 1. The van der Waals surface area contributed by atoms with E-state index in [4.69, 9.17) is 0 Å². The minimum atomic E-state index is -0.963. The minimum Gasteiger partial charge on any atom is -0.313 e.